The molecule has 2 atom stereocenters. The zero-order valence-corrected chi connectivity index (χ0v) is 14.6. The molecule has 0 spiro atoms. The van der Waals surface area contributed by atoms with Crippen LogP contribution in [0.3, 0.4) is 0 Å². The largest absolute Gasteiger partial charge is 0.458 e. The van der Waals surface area contributed by atoms with E-state index in [1.807, 2.05) is 12.1 Å². The number of aromatic nitrogens is 2. The number of H-pyrrole nitrogens is 1. The van der Waals surface area contributed by atoms with E-state index in [4.69, 9.17) is 4.42 Å². The van der Waals surface area contributed by atoms with E-state index in [9.17, 15) is 4.79 Å². The number of nitrogens with zero attached hydrogens (tertiary/aromatic N) is 1. The van der Waals surface area contributed by atoms with E-state index in [2.05, 4.69) is 53.3 Å². The second-order valence-corrected chi connectivity index (χ2v) is 7.37. The van der Waals surface area contributed by atoms with E-state index in [-0.39, 0.29) is 5.56 Å². The molecule has 112 valence electrons. The van der Waals surface area contributed by atoms with Crippen LogP contribution >= 0.6 is 22.6 Å². The van der Waals surface area contributed by atoms with E-state index in [1.165, 1.54) is 6.42 Å². The molecule has 2 unspecified atom stereocenters. The van der Waals surface area contributed by atoms with Gasteiger partial charge >= 0.3 is 0 Å². The smallest absolute Gasteiger partial charge is 0.264 e. The Kier molecular flexibility index (Phi) is 3.94. The highest BCUT2D eigenvalue weighted by atomic mass is 127. The molecule has 0 amide bonds. The predicted molar refractivity (Wildman–Crippen MR) is 90.3 cm³/mol. The number of hydrogen-bond donors (Lipinski definition) is 1. The van der Waals surface area contributed by atoms with E-state index >= 15 is 0 Å². The molecular weight excluding hydrogens is 379 g/mol. The van der Waals surface area contributed by atoms with Gasteiger partial charge in [0.15, 0.2) is 11.6 Å². The van der Waals surface area contributed by atoms with Crippen molar-refractivity contribution in [1.82, 2.24) is 9.97 Å². The van der Waals surface area contributed by atoms with E-state index < -0.39 is 0 Å². The van der Waals surface area contributed by atoms with Gasteiger partial charge in [-0.25, -0.2) is 4.98 Å². The fourth-order valence-corrected chi connectivity index (χ4v) is 3.02. The van der Waals surface area contributed by atoms with Crippen LogP contribution in [0.2, 0.25) is 0 Å². The van der Waals surface area contributed by atoms with Gasteiger partial charge in [-0.3, -0.25) is 4.79 Å². The second kappa shape index (κ2) is 5.59. The summed E-state index contributed by atoms with van der Waals surface area (Å²) in [6, 6.07) is 3.91. The van der Waals surface area contributed by atoms with Crippen molar-refractivity contribution in [3.05, 3.63) is 37.5 Å². The molecule has 1 aliphatic rings. The molecule has 0 radical (unpaired) electrons. The van der Waals surface area contributed by atoms with Crippen molar-refractivity contribution in [2.75, 3.05) is 0 Å². The van der Waals surface area contributed by atoms with E-state index in [0.717, 1.165) is 17.9 Å². The molecule has 0 aliphatic heterocycles. The van der Waals surface area contributed by atoms with Gasteiger partial charge in [-0.15, -0.1) is 0 Å². The molecule has 1 aliphatic carbocycles. The van der Waals surface area contributed by atoms with Gasteiger partial charge in [0.05, 0.1) is 9.26 Å². The first kappa shape index (κ1) is 14.8. The quantitative estimate of drug-likeness (QED) is 0.794. The lowest BCUT2D eigenvalue weighted by Crippen LogP contribution is -2.17. The lowest BCUT2D eigenvalue weighted by atomic mass is 10.1. The van der Waals surface area contributed by atoms with Crippen molar-refractivity contribution in [2.45, 2.75) is 39.5 Å². The Morgan fingerprint density at radius 2 is 2.19 bits per heavy atom. The molecule has 0 bridgehead atoms. The van der Waals surface area contributed by atoms with Gasteiger partial charge in [-0.2, -0.15) is 0 Å². The Labute approximate surface area is 137 Å². The summed E-state index contributed by atoms with van der Waals surface area (Å²) in [7, 11) is 0. The van der Waals surface area contributed by atoms with Crippen LogP contribution in [0.15, 0.2) is 21.3 Å². The van der Waals surface area contributed by atoms with Crippen LogP contribution in [0.1, 0.15) is 44.6 Å². The maximum Gasteiger partial charge on any atom is 0.264 e. The minimum Gasteiger partial charge on any atom is -0.458 e. The lowest BCUT2D eigenvalue weighted by molar-refractivity contribution is 0.514. The number of nitrogens with one attached hydrogen (secondary N) is 1. The molecule has 2 aromatic rings. The van der Waals surface area contributed by atoms with Crippen LogP contribution in [0.5, 0.6) is 0 Å². The summed E-state index contributed by atoms with van der Waals surface area (Å²) in [5, 5.41) is 0. The van der Waals surface area contributed by atoms with Crippen LogP contribution in [0.4, 0.5) is 0 Å². The minimum atomic E-state index is -0.0889. The van der Waals surface area contributed by atoms with E-state index in [1.54, 1.807) is 0 Å². The van der Waals surface area contributed by atoms with Gasteiger partial charge < -0.3 is 9.40 Å². The molecule has 0 aromatic carbocycles. The Morgan fingerprint density at radius 3 is 2.81 bits per heavy atom. The number of hydrogen-bond acceptors (Lipinski definition) is 3. The molecule has 1 N–H and O–H groups in total. The van der Waals surface area contributed by atoms with Crippen LogP contribution < -0.4 is 5.56 Å². The van der Waals surface area contributed by atoms with Crippen molar-refractivity contribution >= 4 is 22.6 Å². The van der Waals surface area contributed by atoms with Crippen LogP contribution in [0.25, 0.3) is 11.6 Å². The average molecular weight is 398 g/mol. The molecule has 2 aromatic heterocycles. The third kappa shape index (κ3) is 3.07. The summed E-state index contributed by atoms with van der Waals surface area (Å²) >= 11 is 2.07. The molecule has 1 fully saturated rings. The van der Waals surface area contributed by atoms with Gasteiger partial charge in [0, 0.05) is 5.92 Å². The van der Waals surface area contributed by atoms with Crippen molar-refractivity contribution < 1.29 is 4.42 Å². The summed E-state index contributed by atoms with van der Waals surface area (Å²) in [5.74, 6) is 3.89. The van der Waals surface area contributed by atoms with Crippen molar-refractivity contribution in [2.24, 2.45) is 11.8 Å². The summed E-state index contributed by atoms with van der Waals surface area (Å²) < 4.78 is 6.56. The molecule has 21 heavy (non-hydrogen) atoms. The summed E-state index contributed by atoms with van der Waals surface area (Å²) in [6.45, 7) is 6.47. The highest BCUT2D eigenvalue weighted by Crippen LogP contribution is 2.47. The van der Waals surface area contributed by atoms with Crippen molar-refractivity contribution in [1.29, 1.82) is 0 Å². The highest BCUT2D eigenvalue weighted by molar-refractivity contribution is 14.1. The minimum absolute atomic E-state index is 0.0889. The van der Waals surface area contributed by atoms with Crippen LogP contribution in [-0.4, -0.2) is 9.97 Å². The van der Waals surface area contributed by atoms with Crippen molar-refractivity contribution in [3.63, 3.8) is 0 Å². The number of halogens is 1. The van der Waals surface area contributed by atoms with Crippen LogP contribution in [0, 0.1) is 15.4 Å². The maximum atomic E-state index is 12.1. The van der Waals surface area contributed by atoms with E-state index in [0.29, 0.717) is 32.9 Å². The average Bonchev–Trinajstić information content (AvgIpc) is 2.96. The standard InChI is InChI=1S/C16H19IN2O2/c1-8(2)6-11-14(17)16(20)19-15(18-11)13-5-4-12(21-13)10-7-9(10)3/h4-5,8-10H,6-7H2,1-3H3,(H,18,19,20). The molecule has 0 saturated heterocycles. The van der Waals surface area contributed by atoms with Gasteiger partial charge in [-0.1, -0.05) is 20.8 Å². The number of furan rings is 1. The Balaban J connectivity index is 1.96. The van der Waals surface area contributed by atoms with Gasteiger partial charge in [-0.05, 0) is 59.4 Å². The normalized spacial score (nSPS) is 21.0. The van der Waals surface area contributed by atoms with Crippen molar-refractivity contribution in [3.8, 4) is 11.6 Å². The molecule has 5 heteroatoms. The zero-order chi connectivity index (χ0) is 15.1. The number of rotatable bonds is 4. The Bertz CT molecular complexity index is 717. The SMILES string of the molecule is CC(C)Cc1nc(-c2ccc(C3CC3C)o2)[nH]c(=O)c1I. The third-order valence-electron chi connectivity index (χ3n) is 3.87. The zero-order valence-electron chi connectivity index (χ0n) is 12.4. The van der Waals surface area contributed by atoms with Gasteiger partial charge in [0.25, 0.3) is 5.56 Å². The predicted octanol–water partition coefficient (Wildman–Crippen LogP) is 3.96. The molecule has 1 saturated carbocycles. The summed E-state index contributed by atoms with van der Waals surface area (Å²) in [6.07, 6.45) is 1.98. The molecular formula is C16H19IN2O2. The number of aromatic amines is 1. The summed E-state index contributed by atoms with van der Waals surface area (Å²) in [4.78, 5) is 19.5. The summed E-state index contributed by atoms with van der Waals surface area (Å²) in [5.41, 5.74) is 0.760. The van der Waals surface area contributed by atoms with Gasteiger partial charge in [0.2, 0.25) is 0 Å². The Hall–Kier alpha value is -1.11. The Morgan fingerprint density at radius 1 is 1.48 bits per heavy atom. The fourth-order valence-electron chi connectivity index (χ4n) is 2.54. The third-order valence-corrected chi connectivity index (χ3v) is 4.98. The molecule has 2 heterocycles. The van der Waals surface area contributed by atoms with Gasteiger partial charge in [0.1, 0.15) is 5.76 Å². The molecule has 4 nitrogen and oxygen atoms in total. The second-order valence-electron chi connectivity index (χ2n) is 6.29. The molecule has 3 rings (SSSR count). The first-order chi connectivity index (χ1) is 9.95. The van der Waals surface area contributed by atoms with Crippen LogP contribution in [-0.2, 0) is 6.42 Å². The first-order valence-electron chi connectivity index (χ1n) is 7.34. The maximum absolute atomic E-state index is 12.1. The lowest BCUT2D eigenvalue weighted by Gasteiger charge is -2.07. The fraction of sp³-hybridized carbons (Fsp3) is 0.500. The first-order valence-corrected chi connectivity index (χ1v) is 8.42. The monoisotopic (exact) mass is 398 g/mol. The highest BCUT2D eigenvalue weighted by Gasteiger charge is 2.36. The topological polar surface area (TPSA) is 58.9 Å².